The van der Waals surface area contributed by atoms with Crippen LogP contribution in [0.3, 0.4) is 0 Å². The minimum Gasteiger partial charge on any atom is -0.507 e. The van der Waals surface area contributed by atoms with E-state index in [1.54, 1.807) is 6.07 Å². The Morgan fingerprint density at radius 2 is 2.00 bits per heavy atom. The van der Waals surface area contributed by atoms with Gasteiger partial charge in [0.05, 0.1) is 12.6 Å². The molecule has 1 aromatic carbocycles. The quantitative estimate of drug-likeness (QED) is 0.832. The molecule has 1 fully saturated rings. The van der Waals surface area contributed by atoms with E-state index in [0.717, 1.165) is 56.6 Å². The number of aromatic nitrogens is 2. The first kappa shape index (κ1) is 16.9. The second-order valence-electron chi connectivity index (χ2n) is 7.00. The van der Waals surface area contributed by atoms with Crippen molar-refractivity contribution in [3.05, 3.63) is 34.9 Å². The van der Waals surface area contributed by atoms with Gasteiger partial charge >= 0.3 is 0 Å². The summed E-state index contributed by atoms with van der Waals surface area (Å²) >= 11 is 0. The Balaban J connectivity index is 1.72. The van der Waals surface area contributed by atoms with Gasteiger partial charge in [-0.1, -0.05) is 5.92 Å². The Kier molecular flexibility index (Phi) is 4.77. The zero-order valence-corrected chi connectivity index (χ0v) is 14.8. The monoisotopic (exact) mass is 349 g/mol. The summed E-state index contributed by atoms with van der Waals surface area (Å²) < 4.78 is 5.57. The van der Waals surface area contributed by atoms with E-state index in [2.05, 4.69) is 21.4 Å². The molecule has 2 N–H and O–H groups in total. The second kappa shape index (κ2) is 7.35. The van der Waals surface area contributed by atoms with Gasteiger partial charge in [0.2, 0.25) is 0 Å². The fourth-order valence-electron chi connectivity index (χ4n) is 3.85. The Morgan fingerprint density at radius 3 is 2.73 bits per heavy atom. The number of terminal acetylenes is 1. The lowest BCUT2D eigenvalue weighted by molar-refractivity contribution is 0.0874. The number of nitrogens with one attached hydrogen (secondary N) is 1. The van der Waals surface area contributed by atoms with Crippen molar-refractivity contribution in [2.75, 3.05) is 18.5 Å². The van der Waals surface area contributed by atoms with E-state index in [1.165, 1.54) is 11.1 Å². The SMILES string of the molecule is C#Cc1ccc(-c2nnc(NC3CCCOC3)c3c2CCCC3)c(O)c1. The smallest absolute Gasteiger partial charge is 0.152 e. The minimum atomic E-state index is 0.156. The molecule has 2 aromatic rings. The van der Waals surface area contributed by atoms with Gasteiger partial charge in [0.15, 0.2) is 5.82 Å². The van der Waals surface area contributed by atoms with Crippen LogP contribution >= 0.6 is 0 Å². The largest absolute Gasteiger partial charge is 0.507 e. The molecule has 0 bridgehead atoms. The number of rotatable bonds is 3. The average Bonchev–Trinajstić information content (AvgIpc) is 2.69. The van der Waals surface area contributed by atoms with Crippen LogP contribution in [0.2, 0.25) is 0 Å². The van der Waals surface area contributed by atoms with Gasteiger partial charge in [-0.2, -0.15) is 0 Å². The Morgan fingerprint density at radius 1 is 1.15 bits per heavy atom. The second-order valence-corrected chi connectivity index (χ2v) is 7.00. The van der Waals surface area contributed by atoms with Crippen LogP contribution in [0.4, 0.5) is 5.82 Å². The van der Waals surface area contributed by atoms with Gasteiger partial charge in [-0.25, -0.2) is 0 Å². The maximum Gasteiger partial charge on any atom is 0.152 e. The molecule has 5 heteroatoms. The predicted octanol–water partition coefficient (Wildman–Crippen LogP) is 3.30. The fourth-order valence-corrected chi connectivity index (χ4v) is 3.85. The Bertz CT molecular complexity index is 851. The summed E-state index contributed by atoms with van der Waals surface area (Å²) in [5.41, 5.74) is 4.54. The molecular formula is C21H23N3O2. The highest BCUT2D eigenvalue weighted by molar-refractivity contribution is 5.73. The highest BCUT2D eigenvalue weighted by atomic mass is 16.5. The third-order valence-corrected chi connectivity index (χ3v) is 5.21. The molecule has 5 nitrogen and oxygen atoms in total. The van der Waals surface area contributed by atoms with E-state index in [1.807, 2.05) is 12.1 Å². The molecule has 4 rings (SSSR count). The molecule has 1 unspecified atom stereocenters. The summed E-state index contributed by atoms with van der Waals surface area (Å²) in [6.07, 6.45) is 11.8. The van der Waals surface area contributed by atoms with Gasteiger partial charge in [0.25, 0.3) is 0 Å². The van der Waals surface area contributed by atoms with Crippen molar-refractivity contribution in [1.82, 2.24) is 10.2 Å². The number of benzene rings is 1. The van der Waals surface area contributed by atoms with Gasteiger partial charge in [0.1, 0.15) is 11.4 Å². The Labute approximate surface area is 153 Å². The molecule has 1 aliphatic heterocycles. The number of nitrogens with zero attached hydrogens (tertiary/aromatic N) is 2. The molecule has 26 heavy (non-hydrogen) atoms. The lowest BCUT2D eigenvalue weighted by Gasteiger charge is -2.27. The van der Waals surface area contributed by atoms with Crippen LogP contribution in [-0.4, -0.2) is 34.6 Å². The number of aromatic hydroxyl groups is 1. The van der Waals surface area contributed by atoms with E-state index in [9.17, 15) is 5.11 Å². The molecule has 1 saturated heterocycles. The van der Waals surface area contributed by atoms with E-state index < -0.39 is 0 Å². The topological polar surface area (TPSA) is 67.3 Å². The molecule has 1 aromatic heterocycles. The van der Waals surface area contributed by atoms with Crippen LogP contribution < -0.4 is 5.32 Å². The number of phenols is 1. The number of phenolic OH excluding ortho intramolecular Hbond substituents is 1. The van der Waals surface area contributed by atoms with Crippen molar-refractivity contribution in [2.24, 2.45) is 0 Å². The first-order chi connectivity index (χ1) is 12.8. The normalized spacial score (nSPS) is 19.4. The molecule has 1 atom stereocenters. The molecule has 0 amide bonds. The maximum atomic E-state index is 10.4. The number of fused-ring (bicyclic) bond motifs is 1. The predicted molar refractivity (Wildman–Crippen MR) is 101 cm³/mol. The summed E-state index contributed by atoms with van der Waals surface area (Å²) in [6, 6.07) is 5.57. The van der Waals surface area contributed by atoms with Crippen LogP contribution in [0.5, 0.6) is 5.75 Å². The summed E-state index contributed by atoms with van der Waals surface area (Å²) in [7, 11) is 0. The standard InChI is InChI=1S/C21H23N3O2/c1-2-14-9-10-18(19(25)12-14)20-16-7-3-4-8-17(16)21(24-23-20)22-15-6-5-11-26-13-15/h1,9-10,12,15,25H,3-8,11,13H2,(H,22,24). The van der Waals surface area contributed by atoms with E-state index >= 15 is 0 Å². The fraction of sp³-hybridized carbons (Fsp3) is 0.429. The van der Waals surface area contributed by atoms with Crippen LogP contribution in [0.25, 0.3) is 11.3 Å². The number of anilines is 1. The Hall–Kier alpha value is -2.58. The van der Waals surface area contributed by atoms with Gasteiger partial charge in [-0.05, 0) is 62.3 Å². The highest BCUT2D eigenvalue weighted by Gasteiger charge is 2.24. The third kappa shape index (κ3) is 3.25. The van der Waals surface area contributed by atoms with Gasteiger partial charge in [0, 0.05) is 23.3 Å². The van der Waals surface area contributed by atoms with E-state index in [0.29, 0.717) is 23.8 Å². The number of hydrogen-bond acceptors (Lipinski definition) is 5. The molecule has 0 saturated carbocycles. The molecule has 2 aliphatic rings. The van der Waals surface area contributed by atoms with Crippen molar-refractivity contribution >= 4 is 5.82 Å². The minimum absolute atomic E-state index is 0.156. The van der Waals surface area contributed by atoms with Crippen LogP contribution in [0, 0.1) is 12.3 Å². The van der Waals surface area contributed by atoms with Crippen LogP contribution in [-0.2, 0) is 17.6 Å². The number of ether oxygens (including phenoxy) is 1. The van der Waals surface area contributed by atoms with Gasteiger partial charge in [-0.3, -0.25) is 0 Å². The third-order valence-electron chi connectivity index (χ3n) is 5.21. The summed E-state index contributed by atoms with van der Waals surface area (Å²) in [6.45, 7) is 1.56. The zero-order chi connectivity index (χ0) is 17.9. The lowest BCUT2D eigenvalue weighted by atomic mass is 9.88. The van der Waals surface area contributed by atoms with Gasteiger partial charge < -0.3 is 15.2 Å². The van der Waals surface area contributed by atoms with Crippen molar-refractivity contribution < 1.29 is 9.84 Å². The first-order valence-corrected chi connectivity index (χ1v) is 9.29. The lowest BCUT2D eigenvalue weighted by Crippen LogP contribution is -2.31. The van der Waals surface area contributed by atoms with Crippen molar-refractivity contribution in [2.45, 2.75) is 44.6 Å². The molecular weight excluding hydrogens is 326 g/mol. The summed E-state index contributed by atoms with van der Waals surface area (Å²) in [5.74, 6) is 3.58. The summed E-state index contributed by atoms with van der Waals surface area (Å²) in [5, 5.41) is 22.9. The highest BCUT2D eigenvalue weighted by Crippen LogP contribution is 2.37. The molecule has 2 heterocycles. The first-order valence-electron chi connectivity index (χ1n) is 9.29. The van der Waals surface area contributed by atoms with Gasteiger partial charge in [-0.15, -0.1) is 16.6 Å². The van der Waals surface area contributed by atoms with E-state index in [4.69, 9.17) is 11.2 Å². The molecule has 0 spiro atoms. The molecule has 134 valence electrons. The molecule has 0 radical (unpaired) electrons. The molecule has 1 aliphatic carbocycles. The van der Waals surface area contributed by atoms with Crippen LogP contribution in [0.1, 0.15) is 42.4 Å². The number of hydrogen-bond donors (Lipinski definition) is 2. The maximum absolute atomic E-state index is 10.4. The van der Waals surface area contributed by atoms with Crippen LogP contribution in [0.15, 0.2) is 18.2 Å². The van der Waals surface area contributed by atoms with Crippen molar-refractivity contribution in [3.63, 3.8) is 0 Å². The van der Waals surface area contributed by atoms with Crippen molar-refractivity contribution in [3.8, 4) is 29.4 Å². The summed E-state index contributed by atoms with van der Waals surface area (Å²) in [4.78, 5) is 0. The van der Waals surface area contributed by atoms with E-state index in [-0.39, 0.29) is 5.75 Å². The average molecular weight is 349 g/mol. The zero-order valence-electron chi connectivity index (χ0n) is 14.8. The van der Waals surface area contributed by atoms with Crippen molar-refractivity contribution in [1.29, 1.82) is 0 Å².